The van der Waals surface area contributed by atoms with Crippen LogP contribution < -0.4 is 4.74 Å². The average Bonchev–Trinajstić information content (AvgIpc) is 2.97. The van der Waals surface area contributed by atoms with Crippen molar-refractivity contribution in [1.29, 1.82) is 0 Å². The topological polar surface area (TPSA) is 35.5 Å². The summed E-state index contributed by atoms with van der Waals surface area (Å²) in [6.45, 7) is 5.14. The van der Waals surface area contributed by atoms with E-state index in [1.807, 2.05) is 35.6 Å². The second kappa shape index (κ2) is 10.8. The summed E-state index contributed by atoms with van der Waals surface area (Å²) in [6, 6.07) is 10.0. The van der Waals surface area contributed by atoms with E-state index in [2.05, 4.69) is 24.7 Å². The van der Waals surface area contributed by atoms with Crippen molar-refractivity contribution in [2.24, 2.45) is 0 Å². The summed E-state index contributed by atoms with van der Waals surface area (Å²) in [5.41, 5.74) is 2.46. The molecule has 2 rings (SSSR count). The number of carbonyl (C=O) groups is 1. The molecule has 0 radical (unpaired) electrons. The first-order chi connectivity index (χ1) is 12.6. The minimum atomic E-state index is -0.352. The number of hydrogen-bond donors (Lipinski definition) is 0. The zero-order valence-corrected chi connectivity index (χ0v) is 16.7. The van der Waals surface area contributed by atoms with E-state index in [-0.39, 0.29) is 5.97 Å². The molecule has 140 valence electrons. The van der Waals surface area contributed by atoms with Crippen LogP contribution in [0.15, 0.2) is 36.4 Å². The van der Waals surface area contributed by atoms with Crippen LogP contribution in [-0.2, 0) is 16.0 Å². The Balaban J connectivity index is 1.59. The van der Waals surface area contributed by atoms with Crippen molar-refractivity contribution in [2.75, 3.05) is 13.7 Å². The van der Waals surface area contributed by atoms with Crippen LogP contribution in [0.5, 0.6) is 5.75 Å². The summed E-state index contributed by atoms with van der Waals surface area (Å²) in [7, 11) is 1.37. The van der Waals surface area contributed by atoms with Gasteiger partial charge < -0.3 is 9.47 Å². The third-order valence-electron chi connectivity index (χ3n) is 4.25. The number of benzene rings is 1. The largest absolute Gasteiger partial charge is 0.494 e. The Morgan fingerprint density at radius 3 is 2.46 bits per heavy atom. The molecule has 2 aromatic rings. The first kappa shape index (κ1) is 20.2. The van der Waals surface area contributed by atoms with Gasteiger partial charge in [-0.15, -0.1) is 11.3 Å². The molecule has 3 nitrogen and oxygen atoms in total. The highest BCUT2D eigenvalue weighted by atomic mass is 32.1. The molecule has 0 aliphatic heterocycles. The van der Waals surface area contributed by atoms with Crippen LogP contribution in [0.4, 0.5) is 0 Å². The third-order valence-corrected chi connectivity index (χ3v) is 5.25. The van der Waals surface area contributed by atoms with E-state index in [9.17, 15) is 4.79 Å². The van der Waals surface area contributed by atoms with Gasteiger partial charge in [0.05, 0.1) is 13.7 Å². The van der Waals surface area contributed by atoms with Gasteiger partial charge >= 0.3 is 5.97 Å². The van der Waals surface area contributed by atoms with Crippen molar-refractivity contribution < 1.29 is 14.3 Å². The number of aryl methyl sites for hydroxylation is 3. The van der Waals surface area contributed by atoms with Gasteiger partial charge in [-0.1, -0.05) is 25.0 Å². The molecule has 0 fully saturated rings. The predicted molar refractivity (Wildman–Crippen MR) is 109 cm³/mol. The average molecular weight is 373 g/mol. The quantitative estimate of drug-likeness (QED) is 0.303. The zero-order chi connectivity index (χ0) is 18.8. The van der Waals surface area contributed by atoms with E-state index in [0.717, 1.165) is 24.3 Å². The molecule has 0 unspecified atom stereocenters. The van der Waals surface area contributed by atoms with Gasteiger partial charge in [0.2, 0.25) is 0 Å². The lowest BCUT2D eigenvalue weighted by Crippen LogP contribution is -1.97. The van der Waals surface area contributed by atoms with Crippen LogP contribution >= 0.6 is 11.3 Å². The molecule has 0 aliphatic carbocycles. The van der Waals surface area contributed by atoms with Crippen molar-refractivity contribution >= 4 is 23.4 Å². The van der Waals surface area contributed by atoms with Crippen LogP contribution in [0.2, 0.25) is 0 Å². The molecule has 0 atom stereocenters. The molecule has 1 heterocycles. The van der Waals surface area contributed by atoms with Gasteiger partial charge in [0.25, 0.3) is 0 Å². The Bertz CT molecular complexity index is 713. The lowest BCUT2D eigenvalue weighted by atomic mass is 10.1. The zero-order valence-electron chi connectivity index (χ0n) is 15.9. The van der Waals surface area contributed by atoms with E-state index in [1.54, 1.807) is 6.08 Å². The third kappa shape index (κ3) is 7.04. The van der Waals surface area contributed by atoms with E-state index in [4.69, 9.17) is 4.74 Å². The molecular formula is C22H28O3S. The lowest BCUT2D eigenvalue weighted by Gasteiger charge is -2.06. The fraction of sp³-hybridized carbons (Fsp3) is 0.409. The Morgan fingerprint density at radius 2 is 1.81 bits per heavy atom. The molecule has 1 aromatic carbocycles. The normalized spacial score (nSPS) is 11.0. The number of carbonyl (C=O) groups excluding carboxylic acids is 1. The molecule has 0 aliphatic rings. The molecule has 0 saturated heterocycles. The van der Waals surface area contributed by atoms with E-state index in [1.165, 1.54) is 54.2 Å². The van der Waals surface area contributed by atoms with Gasteiger partial charge in [-0.2, -0.15) is 0 Å². The maximum absolute atomic E-state index is 11.1. The number of rotatable bonds is 10. The van der Waals surface area contributed by atoms with Gasteiger partial charge in [-0.05, 0) is 68.5 Å². The fourth-order valence-corrected chi connectivity index (χ4v) is 3.78. The van der Waals surface area contributed by atoms with Crippen LogP contribution in [-0.4, -0.2) is 19.7 Å². The van der Waals surface area contributed by atoms with E-state index in [0.29, 0.717) is 0 Å². The fourth-order valence-electron chi connectivity index (χ4n) is 2.80. The Morgan fingerprint density at radius 1 is 1.08 bits per heavy atom. The van der Waals surface area contributed by atoms with Crippen molar-refractivity contribution in [3.05, 3.63) is 57.3 Å². The molecule has 1 aromatic heterocycles. The lowest BCUT2D eigenvalue weighted by molar-refractivity contribution is -0.134. The predicted octanol–water partition coefficient (Wildman–Crippen LogP) is 5.73. The number of hydrogen-bond acceptors (Lipinski definition) is 4. The summed E-state index contributed by atoms with van der Waals surface area (Å²) in [5, 5.41) is 0. The van der Waals surface area contributed by atoms with Gasteiger partial charge in [-0.3, -0.25) is 0 Å². The Labute approximate surface area is 160 Å². The van der Waals surface area contributed by atoms with Crippen LogP contribution in [0, 0.1) is 13.8 Å². The second-order valence-electron chi connectivity index (χ2n) is 6.38. The van der Waals surface area contributed by atoms with E-state index < -0.39 is 0 Å². The highest BCUT2D eigenvalue weighted by molar-refractivity contribution is 7.12. The van der Waals surface area contributed by atoms with Gasteiger partial charge in [-0.25, -0.2) is 4.79 Å². The van der Waals surface area contributed by atoms with Crippen molar-refractivity contribution in [3.63, 3.8) is 0 Å². The molecule has 0 N–H and O–H groups in total. The molecule has 26 heavy (non-hydrogen) atoms. The molecule has 0 bridgehead atoms. The molecular weight excluding hydrogens is 344 g/mol. The molecule has 4 heteroatoms. The number of ether oxygens (including phenoxy) is 2. The smallest absolute Gasteiger partial charge is 0.330 e. The second-order valence-corrected chi connectivity index (χ2v) is 7.84. The van der Waals surface area contributed by atoms with E-state index >= 15 is 0 Å². The Kier molecular flexibility index (Phi) is 8.42. The minimum absolute atomic E-state index is 0.352. The van der Waals surface area contributed by atoms with Gasteiger partial charge in [0, 0.05) is 15.8 Å². The van der Waals surface area contributed by atoms with Gasteiger partial charge in [0.15, 0.2) is 0 Å². The number of thiophene rings is 1. The first-order valence-corrected chi connectivity index (χ1v) is 9.95. The molecule has 0 amide bonds. The number of methoxy groups -OCH3 is 1. The maximum Gasteiger partial charge on any atom is 0.330 e. The number of esters is 1. The standard InChI is InChI=1S/C22H28O3S/c1-17-16-20(18(2)26-17)8-6-4-5-7-15-25-21-12-9-19(10-13-21)11-14-22(23)24-3/h9-14,16H,4-8,15H2,1-3H3/b14-11+. The SMILES string of the molecule is COC(=O)/C=C/c1ccc(OCCCCCCc2cc(C)sc2C)cc1. The first-order valence-electron chi connectivity index (χ1n) is 9.13. The summed E-state index contributed by atoms with van der Waals surface area (Å²) in [4.78, 5) is 13.9. The summed E-state index contributed by atoms with van der Waals surface area (Å²) >= 11 is 1.90. The van der Waals surface area contributed by atoms with Gasteiger partial charge in [0.1, 0.15) is 5.75 Å². The monoisotopic (exact) mass is 372 g/mol. The number of unbranched alkanes of at least 4 members (excludes halogenated alkanes) is 3. The van der Waals surface area contributed by atoms with Crippen LogP contribution in [0.3, 0.4) is 0 Å². The van der Waals surface area contributed by atoms with Crippen molar-refractivity contribution in [3.8, 4) is 5.75 Å². The van der Waals surface area contributed by atoms with Crippen molar-refractivity contribution in [2.45, 2.75) is 46.0 Å². The Hall–Kier alpha value is -2.07. The highest BCUT2D eigenvalue weighted by Crippen LogP contribution is 2.22. The van der Waals surface area contributed by atoms with Crippen LogP contribution in [0.1, 0.15) is 46.6 Å². The van der Waals surface area contributed by atoms with Crippen LogP contribution in [0.25, 0.3) is 6.08 Å². The van der Waals surface area contributed by atoms with Crippen molar-refractivity contribution in [1.82, 2.24) is 0 Å². The minimum Gasteiger partial charge on any atom is -0.494 e. The summed E-state index contributed by atoms with van der Waals surface area (Å²) < 4.78 is 10.4. The molecule has 0 saturated carbocycles. The molecule has 0 spiro atoms. The summed E-state index contributed by atoms with van der Waals surface area (Å²) in [5.74, 6) is 0.513. The highest BCUT2D eigenvalue weighted by Gasteiger charge is 2.02. The summed E-state index contributed by atoms with van der Waals surface area (Å²) in [6.07, 6.45) is 9.10. The maximum atomic E-state index is 11.1.